The molecule has 0 heterocycles. The molecule has 1 aromatic rings. The molecule has 0 bridgehead atoms. The first-order valence-corrected chi connectivity index (χ1v) is 4.61. The van der Waals surface area contributed by atoms with E-state index in [0.29, 0.717) is 6.07 Å². The highest BCUT2D eigenvalue weighted by Gasteiger charge is 2.35. The van der Waals surface area contributed by atoms with Gasteiger partial charge in [-0.3, -0.25) is 4.79 Å². The van der Waals surface area contributed by atoms with Crippen LogP contribution in [0.4, 0.5) is 13.2 Å². The molecule has 2 nitrogen and oxygen atoms in total. The molecule has 0 radical (unpaired) electrons. The third-order valence-electron chi connectivity index (χ3n) is 1.97. The zero-order chi connectivity index (χ0) is 12.5. The number of carbonyl (C=O) groups is 1. The van der Waals surface area contributed by atoms with Crippen molar-refractivity contribution in [2.45, 2.75) is 13.1 Å². The zero-order valence-electron chi connectivity index (χ0n) is 8.48. The first-order chi connectivity index (χ1) is 7.27. The van der Waals surface area contributed by atoms with Crippen molar-refractivity contribution in [1.82, 2.24) is 0 Å². The van der Waals surface area contributed by atoms with Gasteiger partial charge >= 0.3 is 6.18 Å². The Hall–Kier alpha value is -1.23. The Morgan fingerprint density at radius 2 is 1.94 bits per heavy atom. The lowest BCUT2D eigenvalue weighted by molar-refractivity contribution is -0.138. The van der Waals surface area contributed by atoms with Gasteiger partial charge < -0.3 is 4.74 Å². The van der Waals surface area contributed by atoms with Gasteiger partial charge in [0.2, 0.25) is 0 Å². The molecule has 6 heteroatoms. The van der Waals surface area contributed by atoms with Crippen molar-refractivity contribution in [1.29, 1.82) is 0 Å². The van der Waals surface area contributed by atoms with Crippen molar-refractivity contribution in [3.05, 3.63) is 28.3 Å². The number of rotatable bonds is 2. The van der Waals surface area contributed by atoms with Gasteiger partial charge in [0, 0.05) is 11.6 Å². The number of carbonyl (C=O) groups excluding carboxylic acids is 1. The van der Waals surface area contributed by atoms with Crippen molar-refractivity contribution in [3.63, 3.8) is 0 Å². The summed E-state index contributed by atoms with van der Waals surface area (Å²) in [4.78, 5) is 11.1. The molecule has 0 aliphatic carbocycles. The van der Waals surface area contributed by atoms with E-state index in [-0.39, 0.29) is 10.6 Å². The molecular weight excluding hydrogens is 245 g/mol. The molecule has 0 amide bonds. The molecule has 0 spiro atoms. The highest BCUT2D eigenvalue weighted by Crippen LogP contribution is 2.39. The van der Waals surface area contributed by atoms with Crippen LogP contribution in [0, 0.1) is 0 Å². The number of halogens is 4. The third kappa shape index (κ3) is 2.47. The summed E-state index contributed by atoms with van der Waals surface area (Å²) < 4.78 is 42.3. The lowest BCUT2D eigenvalue weighted by atomic mass is 10.1. The van der Waals surface area contributed by atoms with E-state index in [1.165, 1.54) is 0 Å². The molecule has 0 aromatic heterocycles. The molecule has 16 heavy (non-hydrogen) atoms. The number of hydrogen-bond acceptors (Lipinski definition) is 2. The second-order valence-corrected chi connectivity index (χ2v) is 3.49. The predicted octanol–water partition coefficient (Wildman–Crippen LogP) is 3.57. The molecule has 0 fully saturated rings. The molecule has 0 saturated heterocycles. The Kier molecular flexibility index (Phi) is 3.48. The molecule has 0 unspecified atom stereocenters. The lowest BCUT2D eigenvalue weighted by Gasteiger charge is -2.13. The maximum atomic E-state index is 12.6. The summed E-state index contributed by atoms with van der Waals surface area (Å²) in [6, 6.07) is 1.69. The zero-order valence-corrected chi connectivity index (χ0v) is 9.24. The molecule has 1 rings (SSSR count). The van der Waals surface area contributed by atoms with Crippen LogP contribution in [-0.4, -0.2) is 12.9 Å². The topological polar surface area (TPSA) is 26.3 Å². The van der Waals surface area contributed by atoms with Crippen molar-refractivity contribution >= 4 is 17.4 Å². The van der Waals surface area contributed by atoms with Crippen LogP contribution in [-0.2, 0) is 6.18 Å². The van der Waals surface area contributed by atoms with Gasteiger partial charge in [0.25, 0.3) is 0 Å². The van der Waals surface area contributed by atoms with E-state index in [1.54, 1.807) is 0 Å². The number of benzene rings is 1. The van der Waals surface area contributed by atoms with Gasteiger partial charge in [0.1, 0.15) is 5.75 Å². The van der Waals surface area contributed by atoms with Crippen molar-refractivity contribution in [3.8, 4) is 5.75 Å². The maximum absolute atomic E-state index is 12.6. The van der Waals surface area contributed by atoms with Crippen LogP contribution in [0.25, 0.3) is 0 Å². The Morgan fingerprint density at radius 3 is 2.31 bits per heavy atom. The number of Topliss-reactive ketones (excluding diaryl/α,β-unsaturated/α-hetero) is 1. The van der Waals surface area contributed by atoms with E-state index in [1.807, 2.05) is 0 Å². The van der Waals surface area contributed by atoms with Gasteiger partial charge in [-0.2, -0.15) is 13.2 Å². The summed E-state index contributed by atoms with van der Waals surface area (Å²) in [6.45, 7) is 1.15. The lowest BCUT2D eigenvalue weighted by Crippen LogP contribution is -2.09. The molecule has 88 valence electrons. The van der Waals surface area contributed by atoms with E-state index >= 15 is 0 Å². The number of alkyl halides is 3. The first kappa shape index (κ1) is 12.8. The summed E-state index contributed by atoms with van der Waals surface area (Å²) in [5.41, 5.74) is -1.18. The monoisotopic (exact) mass is 252 g/mol. The van der Waals surface area contributed by atoms with E-state index in [2.05, 4.69) is 4.74 Å². The number of methoxy groups -OCH3 is 1. The molecule has 0 N–H and O–H groups in total. The molecular formula is C10H8ClF3O2. The number of ketones is 1. The SMILES string of the molecule is COc1cc(Cl)c(C(C)=O)cc1C(F)(F)F. The molecule has 0 aliphatic rings. The summed E-state index contributed by atoms with van der Waals surface area (Å²) >= 11 is 5.66. The van der Waals surface area contributed by atoms with Crippen LogP contribution in [0.1, 0.15) is 22.8 Å². The van der Waals surface area contributed by atoms with Crippen molar-refractivity contribution in [2.75, 3.05) is 7.11 Å². The Bertz CT molecular complexity index is 427. The van der Waals surface area contributed by atoms with Gasteiger partial charge in [-0.1, -0.05) is 11.6 Å². The smallest absolute Gasteiger partial charge is 0.419 e. The largest absolute Gasteiger partial charge is 0.496 e. The average molecular weight is 253 g/mol. The van der Waals surface area contributed by atoms with Gasteiger partial charge in [0.15, 0.2) is 5.78 Å². The first-order valence-electron chi connectivity index (χ1n) is 4.23. The van der Waals surface area contributed by atoms with Crippen LogP contribution >= 0.6 is 11.6 Å². The number of ether oxygens (including phenoxy) is 1. The average Bonchev–Trinajstić information content (AvgIpc) is 2.14. The number of hydrogen-bond donors (Lipinski definition) is 0. The second kappa shape index (κ2) is 4.33. The summed E-state index contributed by atoms with van der Waals surface area (Å²) in [7, 11) is 1.11. The van der Waals surface area contributed by atoms with Gasteiger partial charge in [0.05, 0.1) is 17.7 Å². The van der Waals surface area contributed by atoms with Crippen LogP contribution in [0.15, 0.2) is 12.1 Å². The molecule has 1 aromatic carbocycles. The Labute approximate surface area is 95.0 Å². The van der Waals surface area contributed by atoms with E-state index < -0.39 is 23.3 Å². The van der Waals surface area contributed by atoms with Gasteiger partial charge in [-0.05, 0) is 13.0 Å². The minimum absolute atomic E-state index is 0.0580. The van der Waals surface area contributed by atoms with E-state index in [0.717, 1.165) is 20.1 Å². The molecule has 0 atom stereocenters. The van der Waals surface area contributed by atoms with Crippen LogP contribution in [0.3, 0.4) is 0 Å². The van der Waals surface area contributed by atoms with Crippen molar-refractivity contribution < 1.29 is 22.7 Å². The Morgan fingerprint density at radius 1 is 1.38 bits per heavy atom. The fourth-order valence-electron chi connectivity index (χ4n) is 1.22. The van der Waals surface area contributed by atoms with Crippen LogP contribution < -0.4 is 4.74 Å². The standard InChI is InChI=1S/C10H8ClF3O2/c1-5(15)6-3-7(10(12,13)14)9(16-2)4-8(6)11/h3-4H,1-2H3. The third-order valence-corrected chi connectivity index (χ3v) is 2.29. The van der Waals surface area contributed by atoms with Crippen LogP contribution in [0.5, 0.6) is 5.75 Å². The minimum atomic E-state index is -4.58. The highest BCUT2D eigenvalue weighted by molar-refractivity contribution is 6.34. The fourth-order valence-corrected chi connectivity index (χ4v) is 1.50. The molecule has 0 aliphatic heterocycles. The van der Waals surface area contributed by atoms with E-state index in [4.69, 9.17) is 11.6 Å². The second-order valence-electron chi connectivity index (χ2n) is 3.09. The predicted molar refractivity (Wildman–Crippen MR) is 53.0 cm³/mol. The summed E-state index contributed by atoms with van der Waals surface area (Å²) in [5, 5.41) is -0.0580. The van der Waals surface area contributed by atoms with E-state index in [9.17, 15) is 18.0 Å². The highest BCUT2D eigenvalue weighted by atomic mass is 35.5. The minimum Gasteiger partial charge on any atom is -0.496 e. The maximum Gasteiger partial charge on any atom is 0.419 e. The van der Waals surface area contributed by atoms with Crippen LogP contribution in [0.2, 0.25) is 5.02 Å². The fraction of sp³-hybridized carbons (Fsp3) is 0.300. The quantitative estimate of drug-likeness (QED) is 0.752. The summed E-state index contributed by atoms with van der Waals surface area (Å²) in [6.07, 6.45) is -4.58. The Balaban J connectivity index is 3.47. The summed E-state index contributed by atoms with van der Waals surface area (Å²) in [5.74, 6) is -0.930. The normalized spacial score (nSPS) is 11.4. The molecule has 0 saturated carbocycles. The van der Waals surface area contributed by atoms with Gasteiger partial charge in [-0.25, -0.2) is 0 Å². The van der Waals surface area contributed by atoms with Gasteiger partial charge in [-0.15, -0.1) is 0 Å². The van der Waals surface area contributed by atoms with Crippen molar-refractivity contribution in [2.24, 2.45) is 0 Å².